The topological polar surface area (TPSA) is 21.3 Å². The summed E-state index contributed by atoms with van der Waals surface area (Å²) in [6, 6.07) is 0.503. The molecule has 13 heavy (non-hydrogen) atoms. The van der Waals surface area contributed by atoms with Crippen LogP contribution in [0.1, 0.15) is 32.6 Å². The second-order valence-corrected chi connectivity index (χ2v) is 3.82. The average molecular weight is 183 g/mol. The third kappa shape index (κ3) is 3.12. The fourth-order valence-electron chi connectivity index (χ4n) is 1.94. The summed E-state index contributed by atoms with van der Waals surface area (Å²) < 4.78 is 5.81. The highest BCUT2D eigenvalue weighted by molar-refractivity contribution is 4.83. The minimum Gasteiger partial charge on any atom is -0.374 e. The Kier molecular flexibility index (Phi) is 4.46. The van der Waals surface area contributed by atoms with Crippen LogP contribution in [0.5, 0.6) is 0 Å². The third-order valence-electron chi connectivity index (χ3n) is 2.77. The molecule has 0 aromatic carbocycles. The molecule has 1 aliphatic rings. The smallest absolute Gasteiger partial charge is 0.0732 e. The van der Waals surface area contributed by atoms with Crippen LogP contribution >= 0.6 is 0 Å². The summed E-state index contributed by atoms with van der Waals surface area (Å²) in [5, 5.41) is 3.33. The summed E-state index contributed by atoms with van der Waals surface area (Å²) in [5.74, 6) is 0. The van der Waals surface area contributed by atoms with Crippen molar-refractivity contribution in [2.75, 3.05) is 7.05 Å². The van der Waals surface area contributed by atoms with Crippen LogP contribution in [0.4, 0.5) is 0 Å². The van der Waals surface area contributed by atoms with Crippen LogP contribution in [0.2, 0.25) is 0 Å². The summed E-state index contributed by atoms with van der Waals surface area (Å²) in [5.41, 5.74) is 0. The quantitative estimate of drug-likeness (QED) is 0.659. The Balaban J connectivity index is 2.32. The van der Waals surface area contributed by atoms with Crippen molar-refractivity contribution in [1.29, 1.82) is 0 Å². The molecule has 0 radical (unpaired) electrons. The Morgan fingerprint density at radius 1 is 1.62 bits per heavy atom. The van der Waals surface area contributed by atoms with Gasteiger partial charge >= 0.3 is 0 Å². The highest BCUT2D eigenvalue weighted by atomic mass is 16.5. The molecule has 2 nitrogen and oxygen atoms in total. The van der Waals surface area contributed by atoms with Crippen molar-refractivity contribution in [3.05, 3.63) is 12.7 Å². The number of hydrogen-bond acceptors (Lipinski definition) is 2. The van der Waals surface area contributed by atoms with Gasteiger partial charge in [0, 0.05) is 6.04 Å². The van der Waals surface area contributed by atoms with Crippen molar-refractivity contribution >= 4 is 0 Å². The van der Waals surface area contributed by atoms with Crippen molar-refractivity contribution in [3.63, 3.8) is 0 Å². The number of hydrogen-bond donors (Lipinski definition) is 1. The lowest BCUT2D eigenvalue weighted by Crippen LogP contribution is -2.37. The molecule has 0 spiro atoms. The van der Waals surface area contributed by atoms with Crippen LogP contribution < -0.4 is 5.32 Å². The van der Waals surface area contributed by atoms with Gasteiger partial charge in [-0.3, -0.25) is 0 Å². The van der Waals surface area contributed by atoms with Gasteiger partial charge in [-0.25, -0.2) is 0 Å². The van der Waals surface area contributed by atoms with Crippen LogP contribution in [-0.2, 0) is 4.74 Å². The first-order valence-electron chi connectivity index (χ1n) is 5.21. The van der Waals surface area contributed by atoms with Gasteiger partial charge in [-0.1, -0.05) is 6.08 Å². The average Bonchev–Trinajstić information content (AvgIpc) is 2.54. The van der Waals surface area contributed by atoms with E-state index in [0.29, 0.717) is 18.2 Å². The molecule has 1 heterocycles. The highest BCUT2D eigenvalue weighted by Crippen LogP contribution is 2.23. The fourth-order valence-corrected chi connectivity index (χ4v) is 1.94. The van der Waals surface area contributed by atoms with Gasteiger partial charge in [0.15, 0.2) is 0 Å². The monoisotopic (exact) mass is 183 g/mol. The molecule has 0 amide bonds. The number of likely N-dealkylation sites (N-methyl/N-ethyl adjacent to an activating group) is 1. The first-order chi connectivity index (χ1) is 6.27. The van der Waals surface area contributed by atoms with E-state index in [1.165, 1.54) is 12.8 Å². The van der Waals surface area contributed by atoms with Gasteiger partial charge in [0.1, 0.15) is 0 Å². The fraction of sp³-hybridized carbons (Fsp3) is 0.818. The molecule has 0 aromatic heterocycles. The summed E-state index contributed by atoms with van der Waals surface area (Å²) in [6.07, 6.45) is 7.45. The highest BCUT2D eigenvalue weighted by Gasteiger charge is 2.27. The van der Waals surface area contributed by atoms with E-state index in [2.05, 4.69) is 18.8 Å². The van der Waals surface area contributed by atoms with E-state index >= 15 is 0 Å². The minimum absolute atomic E-state index is 0.417. The summed E-state index contributed by atoms with van der Waals surface area (Å²) in [4.78, 5) is 0. The first kappa shape index (κ1) is 10.7. The molecular weight excluding hydrogens is 162 g/mol. The lowest BCUT2D eigenvalue weighted by molar-refractivity contribution is 0.0320. The van der Waals surface area contributed by atoms with E-state index in [1.807, 2.05) is 13.1 Å². The molecule has 0 bridgehead atoms. The second kappa shape index (κ2) is 5.40. The van der Waals surface area contributed by atoms with Gasteiger partial charge in [0.25, 0.3) is 0 Å². The zero-order valence-electron chi connectivity index (χ0n) is 8.75. The zero-order chi connectivity index (χ0) is 9.68. The molecule has 3 unspecified atom stereocenters. The van der Waals surface area contributed by atoms with E-state index in [0.717, 1.165) is 12.8 Å². The molecular formula is C11H21NO. The lowest BCUT2D eigenvalue weighted by atomic mass is 10.0. The molecule has 1 fully saturated rings. The minimum atomic E-state index is 0.417. The number of rotatable bonds is 5. The second-order valence-electron chi connectivity index (χ2n) is 3.82. The Bertz CT molecular complexity index is 158. The van der Waals surface area contributed by atoms with Crippen LogP contribution in [-0.4, -0.2) is 25.3 Å². The molecule has 0 saturated carbocycles. The normalized spacial score (nSPS) is 30.3. The molecule has 1 N–H and O–H groups in total. The molecule has 1 aliphatic heterocycles. The predicted octanol–water partition coefficient (Wildman–Crippen LogP) is 2.11. The van der Waals surface area contributed by atoms with Crippen LogP contribution in [0, 0.1) is 0 Å². The molecule has 0 aliphatic carbocycles. The molecule has 2 heteroatoms. The van der Waals surface area contributed by atoms with Crippen molar-refractivity contribution in [2.24, 2.45) is 0 Å². The van der Waals surface area contributed by atoms with Gasteiger partial charge in [-0.2, -0.15) is 0 Å². The Morgan fingerprint density at radius 3 is 2.85 bits per heavy atom. The van der Waals surface area contributed by atoms with Gasteiger partial charge in [-0.05, 0) is 39.7 Å². The standard InChI is InChI=1S/C11H21NO/c1-4-5-6-10(12-3)11-8-7-9(2)13-11/h4,9-12H,1,5-8H2,2-3H3. The number of ether oxygens (including phenoxy) is 1. The SMILES string of the molecule is C=CCCC(NC)C1CCC(C)O1. The lowest BCUT2D eigenvalue weighted by Gasteiger charge is -2.22. The molecule has 1 saturated heterocycles. The largest absolute Gasteiger partial charge is 0.374 e. The van der Waals surface area contributed by atoms with Gasteiger partial charge in [-0.15, -0.1) is 6.58 Å². The van der Waals surface area contributed by atoms with Crippen LogP contribution in [0.3, 0.4) is 0 Å². The van der Waals surface area contributed by atoms with Gasteiger partial charge < -0.3 is 10.1 Å². The third-order valence-corrected chi connectivity index (χ3v) is 2.77. The first-order valence-corrected chi connectivity index (χ1v) is 5.21. The Hall–Kier alpha value is -0.340. The maximum Gasteiger partial charge on any atom is 0.0732 e. The molecule has 0 aromatic rings. The van der Waals surface area contributed by atoms with Gasteiger partial charge in [0.2, 0.25) is 0 Å². The van der Waals surface area contributed by atoms with Crippen molar-refractivity contribution in [1.82, 2.24) is 5.32 Å². The van der Waals surface area contributed by atoms with Crippen molar-refractivity contribution in [2.45, 2.75) is 50.9 Å². The van der Waals surface area contributed by atoms with E-state index in [-0.39, 0.29) is 0 Å². The number of nitrogens with one attached hydrogen (secondary N) is 1. The van der Waals surface area contributed by atoms with E-state index in [9.17, 15) is 0 Å². The van der Waals surface area contributed by atoms with Crippen molar-refractivity contribution < 1.29 is 4.74 Å². The summed E-state index contributed by atoms with van der Waals surface area (Å²) in [7, 11) is 2.01. The Labute approximate surface area is 81.4 Å². The predicted molar refractivity (Wildman–Crippen MR) is 55.8 cm³/mol. The number of allylic oxidation sites excluding steroid dienone is 1. The van der Waals surface area contributed by atoms with Crippen molar-refractivity contribution in [3.8, 4) is 0 Å². The molecule has 1 rings (SSSR count). The van der Waals surface area contributed by atoms with E-state index in [4.69, 9.17) is 4.74 Å². The molecule has 76 valence electrons. The molecule has 3 atom stereocenters. The summed E-state index contributed by atoms with van der Waals surface area (Å²) >= 11 is 0. The van der Waals surface area contributed by atoms with E-state index in [1.54, 1.807) is 0 Å². The Morgan fingerprint density at radius 2 is 2.38 bits per heavy atom. The summed E-state index contributed by atoms with van der Waals surface area (Å²) in [6.45, 7) is 5.89. The van der Waals surface area contributed by atoms with Gasteiger partial charge in [0.05, 0.1) is 12.2 Å². The maximum absolute atomic E-state index is 5.81. The van der Waals surface area contributed by atoms with E-state index < -0.39 is 0 Å². The van der Waals surface area contributed by atoms with Crippen LogP contribution in [0.15, 0.2) is 12.7 Å². The maximum atomic E-state index is 5.81. The van der Waals surface area contributed by atoms with Crippen LogP contribution in [0.25, 0.3) is 0 Å². The zero-order valence-corrected chi connectivity index (χ0v) is 8.75.